The zero-order chi connectivity index (χ0) is 18.1. The van der Waals surface area contributed by atoms with E-state index in [2.05, 4.69) is 0 Å². The highest BCUT2D eigenvalue weighted by molar-refractivity contribution is 7.86. The van der Waals surface area contributed by atoms with E-state index < -0.39 is 50.4 Å². The molecule has 0 saturated carbocycles. The summed E-state index contributed by atoms with van der Waals surface area (Å²) in [4.78, 5) is 0. The van der Waals surface area contributed by atoms with E-state index in [-0.39, 0.29) is 13.1 Å². The molecule has 0 aliphatic carbocycles. The van der Waals surface area contributed by atoms with E-state index in [1.165, 1.54) is 0 Å². The summed E-state index contributed by atoms with van der Waals surface area (Å²) in [5.41, 5.74) is 11.1. The Morgan fingerprint density at radius 2 is 1.22 bits per heavy atom. The van der Waals surface area contributed by atoms with Gasteiger partial charge in [-0.3, -0.25) is 8.37 Å². The lowest BCUT2D eigenvalue weighted by molar-refractivity contribution is -0.157. The molecule has 0 spiro atoms. The number of rotatable bonds is 8. The minimum Gasteiger partial charge on any atom is -0.342 e. The Bertz CT molecular complexity index is 552. The monoisotopic (exact) mass is 376 g/mol. The molecule has 12 heteroatoms. The van der Waals surface area contributed by atoms with Crippen molar-refractivity contribution in [1.82, 2.24) is 0 Å². The van der Waals surface area contributed by atoms with Crippen molar-refractivity contribution in [3.8, 4) is 0 Å². The highest BCUT2D eigenvalue weighted by Crippen LogP contribution is 2.34. The topological polar surface area (TPSA) is 157 Å². The van der Waals surface area contributed by atoms with Crippen molar-refractivity contribution in [2.24, 2.45) is 11.5 Å². The first-order valence-corrected chi connectivity index (χ1v) is 10.4. The molecule has 10 nitrogen and oxygen atoms in total. The standard InChI is InChI=1S/C11H24N2O8S2/c1-11(2)18-9(7(5-12)20-22(3,14)15)10(19-11)8(6-13)21-23(4,16)17/h7-10H,5-6,12-13H2,1-4H3/t7-,8-,9-,10-/m1/s1. The molecule has 0 aromatic heterocycles. The Morgan fingerprint density at radius 3 is 1.43 bits per heavy atom. The summed E-state index contributed by atoms with van der Waals surface area (Å²) in [6.45, 7) is 2.79. The molecule has 4 N–H and O–H groups in total. The molecule has 1 saturated heterocycles. The molecule has 1 aliphatic heterocycles. The van der Waals surface area contributed by atoms with Crippen molar-refractivity contribution < 1.29 is 34.7 Å². The fourth-order valence-electron chi connectivity index (χ4n) is 2.30. The van der Waals surface area contributed by atoms with Crippen LogP contribution in [0.25, 0.3) is 0 Å². The van der Waals surface area contributed by atoms with Gasteiger partial charge in [0, 0.05) is 13.1 Å². The predicted octanol–water partition coefficient (Wildman–Crippen LogP) is -1.89. The van der Waals surface area contributed by atoms with Crippen LogP contribution in [0, 0.1) is 0 Å². The molecular weight excluding hydrogens is 352 g/mol. The van der Waals surface area contributed by atoms with Gasteiger partial charge in [-0.1, -0.05) is 0 Å². The molecule has 0 radical (unpaired) electrons. The van der Waals surface area contributed by atoms with Gasteiger partial charge in [0.25, 0.3) is 20.2 Å². The molecule has 1 heterocycles. The van der Waals surface area contributed by atoms with Crippen molar-refractivity contribution in [3.63, 3.8) is 0 Å². The summed E-state index contributed by atoms with van der Waals surface area (Å²) in [6.07, 6.45) is -2.35. The Morgan fingerprint density at radius 1 is 0.913 bits per heavy atom. The highest BCUT2D eigenvalue weighted by atomic mass is 32.2. The Hall–Kier alpha value is -0.340. The fraction of sp³-hybridized carbons (Fsp3) is 1.00. The van der Waals surface area contributed by atoms with Crippen LogP contribution >= 0.6 is 0 Å². The van der Waals surface area contributed by atoms with E-state index in [0.29, 0.717) is 0 Å². The van der Waals surface area contributed by atoms with Crippen LogP contribution in [0.3, 0.4) is 0 Å². The van der Waals surface area contributed by atoms with Crippen LogP contribution in [0.2, 0.25) is 0 Å². The predicted molar refractivity (Wildman–Crippen MR) is 81.4 cm³/mol. The van der Waals surface area contributed by atoms with Gasteiger partial charge in [-0.2, -0.15) is 16.8 Å². The second-order valence-electron chi connectivity index (χ2n) is 5.71. The molecule has 4 atom stereocenters. The average Bonchev–Trinajstić information content (AvgIpc) is 2.67. The maximum absolute atomic E-state index is 11.4. The van der Waals surface area contributed by atoms with E-state index in [0.717, 1.165) is 12.5 Å². The summed E-state index contributed by atoms with van der Waals surface area (Å²) in [5.74, 6) is -1.11. The Kier molecular flexibility index (Phi) is 6.54. The fourth-order valence-corrected chi connectivity index (χ4v) is 3.57. The largest absolute Gasteiger partial charge is 0.342 e. The van der Waals surface area contributed by atoms with Crippen LogP contribution in [0.5, 0.6) is 0 Å². The van der Waals surface area contributed by atoms with Crippen molar-refractivity contribution in [2.75, 3.05) is 25.6 Å². The van der Waals surface area contributed by atoms with Gasteiger partial charge in [-0.15, -0.1) is 0 Å². The van der Waals surface area contributed by atoms with E-state index in [1.54, 1.807) is 13.8 Å². The molecular formula is C11H24N2O8S2. The van der Waals surface area contributed by atoms with Gasteiger partial charge in [0.2, 0.25) is 0 Å². The van der Waals surface area contributed by atoms with Crippen molar-refractivity contribution in [1.29, 1.82) is 0 Å². The number of nitrogens with two attached hydrogens (primary N) is 2. The lowest BCUT2D eigenvalue weighted by Gasteiger charge is -2.28. The molecule has 1 fully saturated rings. The molecule has 1 aliphatic rings. The van der Waals surface area contributed by atoms with E-state index in [1.807, 2.05) is 0 Å². The van der Waals surface area contributed by atoms with Crippen LogP contribution in [0.4, 0.5) is 0 Å². The van der Waals surface area contributed by atoms with E-state index >= 15 is 0 Å². The number of hydrogen-bond acceptors (Lipinski definition) is 10. The normalized spacial score (nSPS) is 27.7. The lowest BCUT2D eigenvalue weighted by Crippen LogP contribution is -2.50. The molecule has 0 bridgehead atoms. The van der Waals surface area contributed by atoms with Crippen molar-refractivity contribution >= 4 is 20.2 Å². The summed E-state index contributed by atoms with van der Waals surface area (Å²) in [5, 5.41) is 0. The van der Waals surface area contributed by atoms with Gasteiger partial charge in [0.1, 0.15) is 24.4 Å². The van der Waals surface area contributed by atoms with Gasteiger partial charge in [0.15, 0.2) is 5.79 Å². The van der Waals surface area contributed by atoms with Crippen LogP contribution in [-0.4, -0.2) is 72.6 Å². The zero-order valence-corrected chi connectivity index (χ0v) is 15.1. The quantitative estimate of drug-likeness (QED) is 0.459. The van der Waals surface area contributed by atoms with Gasteiger partial charge in [-0.05, 0) is 13.8 Å². The van der Waals surface area contributed by atoms with Gasteiger partial charge in [-0.25, -0.2) is 0 Å². The summed E-state index contributed by atoms with van der Waals surface area (Å²) in [7, 11) is -7.61. The highest BCUT2D eigenvalue weighted by Gasteiger charge is 2.50. The summed E-state index contributed by atoms with van der Waals surface area (Å²) in [6, 6.07) is 0. The van der Waals surface area contributed by atoms with Gasteiger partial charge >= 0.3 is 0 Å². The van der Waals surface area contributed by atoms with E-state index in [9.17, 15) is 16.8 Å². The average molecular weight is 376 g/mol. The molecule has 23 heavy (non-hydrogen) atoms. The number of hydrogen-bond donors (Lipinski definition) is 2. The molecule has 1 rings (SSSR count). The maximum Gasteiger partial charge on any atom is 0.264 e. The smallest absolute Gasteiger partial charge is 0.264 e. The molecule has 0 amide bonds. The van der Waals surface area contributed by atoms with Crippen molar-refractivity contribution in [3.05, 3.63) is 0 Å². The van der Waals surface area contributed by atoms with Crippen LogP contribution in [0.1, 0.15) is 13.8 Å². The third kappa shape index (κ3) is 6.58. The molecule has 0 aromatic carbocycles. The third-order valence-corrected chi connectivity index (χ3v) is 4.15. The molecule has 0 aromatic rings. The third-order valence-electron chi connectivity index (χ3n) is 2.96. The second-order valence-corrected chi connectivity index (χ2v) is 8.92. The lowest BCUT2D eigenvalue weighted by atomic mass is 10.0. The van der Waals surface area contributed by atoms with Crippen LogP contribution < -0.4 is 11.5 Å². The zero-order valence-electron chi connectivity index (χ0n) is 13.5. The Labute approximate surface area is 136 Å². The van der Waals surface area contributed by atoms with Gasteiger partial charge < -0.3 is 20.9 Å². The second kappa shape index (κ2) is 7.27. The maximum atomic E-state index is 11.4. The minimum absolute atomic E-state index is 0.191. The first-order chi connectivity index (χ1) is 10.3. The minimum atomic E-state index is -3.81. The Balaban J connectivity index is 3.10. The first kappa shape index (κ1) is 20.7. The summed E-state index contributed by atoms with van der Waals surface area (Å²) >= 11 is 0. The molecule has 0 unspecified atom stereocenters. The van der Waals surface area contributed by atoms with Crippen LogP contribution in [0.15, 0.2) is 0 Å². The molecule has 138 valence electrons. The van der Waals surface area contributed by atoms with Gasteiger partial charge in [0.05, 0.1) is 12.5 Å². The van der Waals surface area contributed by atoms with E-state index in [4.69, 9.17) is 29.3 Å². The van der Waals surface area contributed by atoms with Crippen LogP contribution in [-0.2, 0) is 38.1 Å². The number of ether oxygens (including phenoxy) is 2. The first-order valence-electron chi connectivity index (χ1n) is 6.80. The van der Waals surface area contributed by atoms with Crippen molar-refractivity contribution in [2.45, 2.75) is 44.1 Å². The summed E-state index contributed by atoms with van der Waals surface area (Å²) < 4.78 is 66.6. The SMILES string of the molecule is CC1(C)O[C@H]([C@@H](CN)OS(C)(=O)=O)[C@@H]([C@@H](CN)OS(C)(=O)=O)O1.